The van der Waals surface area contributed by atoms with Crippen LogP contribution in [0.4, 0.5) is 4.39 Å². The molecule has 1 nitrogen and oxygen atoms in total. The third-order valence-corrected chi connectivity index (χ3v) is 3.68. The maximum absolute atomic E-state index is 13.1. The largest absolute Gasteiger partial charge is 0.306 e. The highest BCUT2D eigenvalue weighted by molar-refractivity contribution is 6.42. The van der Waals surface area contributed by atoms with E-state index >= 15 is 0 Å². The topological polar surface area (TPSA) is 12.0 Å². The zero-order valence-electron chi connectivity index (χ0n) is 10.5. The molecule has 0 aromatic heterocycles. The van der Waals surface area contributed by atoms with Crippen molar-refractivity contribution in [2.24, 2.45) is 0 Å². The van der Waals surface area contributed by atoms with E-state index in [1.54, 1.807) is 12.1 Å². The standard InChI is InChI=1S/C15H14Cl2FN/c1-10(12-3-2-4-13(18)8-12)19-9-11-5-6-14(16)15(17)7-11/h2-8,10,19H,9H2,1H3/t10-/m0/s1. The lowest BCUT2D eigenvalue weighted by atomic mass is 10.1. The normalized spacial score (nSPS) is 12.4. The van der Waals surface area contributed by atoms with Crippen LogP contribution >= 0.6 is 23.2 Å². The molecule has 0 aliphatic carbocycles. The van der Waals surface area contributed by atoms with Crippen molar-refractivity contribution in [1.82, 2.24) is 5.32 Å². The van der Waals surface area contributed by atoms with E-state index in [2.05, 4.69) is 5.32 Å². The van der Waals surface area contributed by atoms with Crippen LogP contribution in [0.5, 0.6) is 0 Å². The van der Waals surface area contributed by atoms with Gasteiger partial charge in [0.1, 0.15) is 5.82 Å². The average Bonchev–Trinajstić information content (AvgIpc) is 2.40. The molecule has 19 heavy (non-hydrogen) atoms. The third-order valence-electron chi connectivity index (χ3n) is 2.95. The Morgan fingerprint density at radius 1 is 1.11 bits per heavy atom. The zero-order valence-corrected chi connectivity index (χ0v) is 12.0. The van der Waals surface area contributed by atoms with Crippen molar-refractivity contribution in [2.45, 2.75) is 19.5 Å². The quantitative estimate of drug-likeness (QED) is 0.839. The number of halogens is 3. The Labute approximate surface area is 122 Å². The number of nitrogens with one attached hydrogen (secondary N) is 1. The Bertz CT molecular complexity index is 572. The van der Waals surface area contributed by atoms with Crippen molar-refractivity contribution in [2.75, 3.05) is 0 Å². The van der Waals surface area contributed by atoms with Crippen LogP contribution in [0.2, 0.25) is 10.0 Å². The van der Waals surface area contributed by atoms with E-state index in [4.69, 9.17) is 23.2 Å². The molecular weight excluding hydrogens is 284 g/mol. The van der Waals surface area contributed by atoms with Crippen molar-refractivity contribution in [3.8, 4) is 0 Å². The fourth-order valence-corrected chi connectivity index (χ4v) is 2.14. The van der Waals surface area contributed by atoms with E-state index in [9.17, 15) is 4.39 Å². The summed E-state index contributed by atoms with van der Waals surface area (Å²) < 4.78 is 13.1. The molecule has 0 aliphatic rings. The van der Waals surface area contributed by atoms with Crippen LogP contribution in [0.3, 0.4) is 0 Å². The molecule has 1 N–H and O–H groups in total. The minimum absolute atomic E-state index is 0.0603. The highest BCUT2D eigenvalue weighted by atomic mass is 35.5. The SMILES string of the molecule is C[C@H](NCc1ccc(Cl)c(Cl)c1)c1cccc(F)c1. The minimum Gasteiger partial charge on any atom is -0.306 e. The van der Waals surface area contributed by atoms with E-state index in [1.165, 1.54) is 12.1 Å². The molecule has 0 amide bonds. The van der Waals surface area contributed by atoms with Gasteiger partial charge in [-0.25, -0.2) is 4.39 Å². The van der Waals surface area contributed by atoms with Gasteiger partial charge in [-0.1, -0.05) is 41.4 Å². The fourth-order valence-electron chi connectivity index (χ4n) is 1.81. The Morgan fingerprint density at radius 3 is 2.58 bits per heavy atom. The number of hydrogen-bond donors (Lipinski definition) is 1. The van der Waals surface area contributed by atoms with E-state index in [1.807, 2.05) is 25.1 Å². The molecule has 0 heterocycles. The van der Waals surface area contributed by atoms with Gasteiger partial charge in [0, 0.05) is 12.6 Å². The number of rotatable bonds is 4. The summed E-state index contributed by atoms with van der Waals surface area (Å²) in [7, 11) is 0. The average molecular weight is 298 g/mol. The third kappa shape index (κ3) is 3.93. The first-order valence-electron chi connectivity index (χ1n) is 5.99. The monoisotopic (exact) mass is 297 g/mol. The first-order chi connectivity index (χ1) is 9.06. The van der Waals surface area contributed by atoms with E-state index < -0.39 is 0 Å². The van der Waals surface area contributed by atoms with Crippen LogP contribution in [-0.4, -0.2) is 0 Å². The van der Waals surface area contributed by atoms with Gasteiger partial charge in [-0.2, -0.15) is 0 Å². The Hall–Kier alpha value is -1.09. The van der Waals surface area contributed by atoms with Crippen molar-refractivity contribution >= 4 is 23.2 Å². The molecule has 1 atom stereocenters. The Balaban J connectivity index is 2.00. The molecule has 0 aliphatic heterocycles. The molecule has 0 unspecified atom stereocenters. The van der Waals surface area contributed by atoms with E-state index in [0.29, 0.717) is 16.6 Å². The second-order valence-electron chi connectivity index (χ2n) is 4.41. The number of hydrogen-bond acceptors (Lipinski definition) is 1. The second kappa shape index (κ2) is 6.38. The van der Waals surface area contributed by atoms with Gasteiger partial charge < -0.3 is 5.32 Å². The molecule has 0 saturated carbocycles. The van der Waals surface area contributed by atoms with Crippen LogP contribution in [0, 0.1) is 5.82 Å². The molecule has 0 saturated heterocycles. The van der Waals surface area contributed by atoms with Crippen molar-refractivity contribution in [3.05, 3.63) is 69.5 Å². The predicted octanol–water partition coefficient (Wildman–Crippen LogP) is 4.98. The summed E-state index contributed by atoms with van der Waals surface area (Å²) >= 11 is 11.8. The minimum atomic E-state index is -0.222. The molecule has 100 valence electrons. The van der Waals surface area contributed by atoms with Crippen molar-refractivity contribution in [1.29, 1.82) is 0 Å². The van der Waals surface area contributed by atoms with Gasteiger partial charge in [0.15, 0.2) is 0 Å². The second-order valence-corrected chi connectivity index (χ2v) is 5.22. The molecular formula is C15H14Cl2FN. The van der Waals surface area contributed by atoms with Crippen LogP contribution in [-0.2, 0) is 6.54 Å². The summed E-state index contributed by atoms with van der Waals surface area (Å²) in [4.78, 5) is 0. The summed E-state index contributed by atoms with van der Waals surface area (Å²) in [6.45, 7) is 2.64. The molecule has 0 spiro atoms. The van der Waals surface area contributed by atoms with Crippen LogP contribution in [0.15, 0.2) is 42.5 Å². The molecule has 2 aromatic rings. The van der Waals surface area contributed by atoms with Gasteiger partial charge in [-0.3, -0.25) is 0 Å². The van der Waals surface area contributed by atoms with Gasteiger partial charge in [-0.05, 0) is 42.3 Å². The number of benzene rings is 2. The van der Waals surface area contributed by atoms with Gasteiger partial charge in [-0.15, -0.1) is 0 Å². The summed E-state index contributed by atoms with van der Waals surface area (Å²) in [5.74, 6) is -0.222. The Morgan fingerprint density at radius 2 is 1.89 bits per heavy atom. The predicted molar refractivity (Wildman–Crippen MR) is 78.1 cm³/mol. The molecule has 0 bridgehead atoms. The van der Waals surface area contributed by atoms with Gasteiger partial charge in [0.2, 0.25) is 0 Å². The molecule has 2 rings (SSSR count). The summed E-state index contributed by atoms with van der Waals surface area (Å²) in [6.07, 6.45) is 0. The lowest BCUT2D eigenvalue weighted by molar-refractivity contribution is 0.565. The fraction of sp³-hybridized carbons (Fsp3) is 0.200. The summed E-state index contributed by atoms with van der Waals surface area (Å²) in [6, 6.07) is 12.2. The highest BCUT2D eigenvalue weighted by Crippen LogP contribution is 2.23. The van der Waals surface area contributed by atoms with Gasteiger partial charge >= 0.3 is 0 Å². The summed E-state index contributed by atoms with van der Waals surface area (Å²) in [5.41, 5.74) is 1.96. The first kappa shape index (κ1) is 14.3. The van der Waals surface area contributed by atoms with Gasteiger partial charge in [0.05, 0.1) is 10.0 Å². The van der Waals surface area contributed by atoms with E-state index in [0.717, 1.165) is 11.1 Å². The zero-order chi connectivity index (χ0) is 13.8. The first-order valence-corrected chi connectivity index (χ1v) is 6.74. The molecule has 0 fully saturated rings. The van der Waals surface area contributed by atoms with E-state index in [-0.39, 0.29) is 11.9 Å². The molecule has 0 radical (unpaired) electrons. The van der Waals surface area contributed by atoms with Crippen LogP contribution < -0.4 is 5.32 Å². The maximum Gasteiger partial charge on any atom is 0.123 e. The highest BCUT2D eigenvalue weighted by Gasteiger charge is 2.06. The van der Waals surface area contributed by atoms with Crippen molar-refractivity contribution in [3.63, 3.8) is 0 Å². The summed E-state index contributed by atoms with van der Waals surface area (Å²) in [5, 5.41) is 4.41. The Kier molecular flexibility index (Phi) is 4.81. The lowest BCUT2D eigenvalue weighted by Crippen LogP contribution is -2.18. The smallest absolute Gasteiger partial charge is 0.123 e. The van der Waals surface area contributed by atoms with Crippen LogP contribution in [0.25, 0.3) is 0 Å². The molecule has 2 aromatic carbocycles. The maximum atomic E-state index is 13.1. The van der Waals surface area contributed by atoms with Crippen LogP contribution in [0.1, 0.15) is 24.1 Å². The lowest BCUT2D eigenvalue weighted by Gasteiger charge is -2.14. The van der Waals surface area contributed by atoms with Gasteiger partial charge in [0.25, 0.3) is 0 Å². The molecule has 4 heteroatoms. The van der Waals surface area contributed by atoms with Crippen molar-refractivity contribution < 1.29 is 4.39 Å².